The van der Waals surface area contributed by atoms with E-state index in [1.807, 2.05) is 6.92 Å². The van der Waals surface area contributed by atoms with Crippen LogP contribution >= 0.6 is 0 Å². The minimum atomic E-state index is 0.833. The van der Waals surface area contributed by atoms with Gasteiger partial charge in [-0.25, -0.2) is 0 Å². The van der Waals surface area contributed by atoms with Gasteiger partial charge in [-0.3, -0.25) is 0 Å². The summed E-state index contributed by atoms with van der Waals surface area (Å²) in [5.74, 6) is 0. The van der Waals surface area contributed by atoms with Gasteiger partial charge in [-0.15, -0.1) is 0 Å². The van der Waals surface area contributed by atoms with Crippen molar-refractivity contribution in [2.24, 2.45) is 4.90 Å². The third-order valence-corrected chi connectivity index (χ3v) is 0.224. The number of nitrogens with zero attached hydrogens (tertiary/aromatic N) is 1. The van der Waals surface area contributed by atoms with Gasteiger partial charge in [0.1, 0.15) is 0 Å². The molecule has 0 aromatic rings. The molecule has 0 heterocycles. The number of hydrogen-bond acceptors (Lipinski definition) is 1. The van der Waals surface area contributed by atoms with Crippen molar-refractivity contribution in [2.75, 3.05) is 6.54 Å². The SMILES string of the molecule is B=NCC. The Morgan fingerprint density at radius 1 is 2.00 bits per heavy atom. The zero-order chi connectivity index (χ0) is 3.41. The van der Waals surface area contributed by atoms with Gasteiger partial charge in [0, 0.05) is 0 Å². The fraction of sp³-hybridized carbons (Fsp3) is 1.00. The molecule has 0 aliphatic rings. The first-order chi connectivity index (χ1) is 1.91. The van der Waals surface area contributed by atoms with E-state index >= 15 is 0 Å². The van der Waals surface area contributed by atoms with Crippen molar-refractivity contribution in [1.29, 1.82) is 0 Å². The maximum absolute atomic E-state index is 3.49. The van der Waals surface area contributed by atoms with Crippen molar-refractivity contribution >= 4 is 7.64 Å². The first kappa shape index (κ1) is 3.86. The van der Waals surface area contributed by atoms with Crippen LogP contribution in [0.25, 0.3) is 0 Å². The van der Waals surface area contributed by atoms with Gasteiger partial charge in [-0.05, 0) is 0 Å². The molecule has 0 aromatic heterocycles. The molecular weight excluding hydrogens is 48.8 g/mol. The molecule has 0 aromatic carbocycles. The summed E-state index contributed by atoms with van der Waals surface area (Å²) in [7, 11) is 3.23. The second-order valence-electron chi connectivity index (χ2n) is 0.540. The van der Waals surface area contributed by atoms with Crippen molar-refractivity contribution in [3.8, 4) is 0 Å². The molecule has 0 N–H and O–H groups in total. The molecule has 0 unspecified atom stereocenters. The molecule has 0 spiro atoms. The molecule has 0 amide bonds. The van der Waals surface area contributed by atoms with Gasteiger partial charge in [0.25, 0.3) is 0 Å². The minimum absolute atomic E-state index is 0.833. The second kappa shape index (κ2) is 2.86. The third-order valence-electron chi connectivity index (χ3n) is 0.224. The van der Waals surface area contributed by atoms with Crippen LogP contribution in [0.3, 0.4) is 0 Å². The second-order valence-corrected chi connectivity index (χ2v) is 0.540. The van der Waals surface area contributed by atoms with E-state index in [0.29, 0.717) is 0 Å². The summed E-state index contributed by atoms with van der Waals surface area (Å²) in [6.07, 6.45) is 0. The first-order valence-corrected chi connectivity index (χ1v) is 1.34. The Bertz CT molecular complexity index is 20.0. The Labute approximate surface area is 27.2 Å². The molecule has 0 atom stereocenters. The molecule has 0 radical (unpaired) electrons. The topological polar surface area (TPSA) is 12.4 Å². The molecule has 0 aliphatic heterocycles. The molecule has 2 heteroatoms. The van der Waals surface area contributed by atoms with E-state index < -0.39 is 0 Å². The summed E-state index contributed by atoms with van der Waals surface area (Å²) in [4.78, 5) is 3.49. The Kier molecular flexibility index (Phi) is 2.77. The Hall–Kier alpha value is -0.135. The molecule has 4 heavy (non-hydrogen) atoms. The Morgan fingerprint density at radius 2 is 2.25 bits per heavy atom. The average molecular weight is 54.9 g/mol. The van der Waals surface area contributed by atoms with Crippen molar-refractivity contribution < 1.29 is 0 Å². The van der Waals surface area contributed by atoms with Crippen molar-refractivity contribution in [3.63, 3.8) is 0 Å². The van der Waals surface area contributed by atoms with E-state index in [4.69, 9.17) is 0 Å². The van der Waals surface area contributed by atoms with Crippen molar-refractivity contribution in [1.82, 2.24) is 0 Å². The van der Waals surface area contributed by atoms with Gasteiger partial charge in [0.15, 0.2) is 0 Å². The molecule has 0 bridgehead atoms. The van der Waals surface area contributed by atoms with E-state index in [-0.39, 0.29) is 0 Å². The van der Waals surface area contributed by atoms with Gasteiger partial charge < -0.3 is 0 Å². The zero-order valence-electron chi connectivity index (χ0n) is 2.86. The molecule has 0 saturated heterocycles. The van der Waals surface area contributed by atoms with Crippen LogP contribution in [0.1, 0.15) is 6.92 Å². The molecule has 0 aliphatic carbocycles. The summed E-state index contributed by atoms with van der Waals surface area (Å²) >= 11 is 0. The van der Waals surface area contributed by atoms with E-state index in [1.165, 1.54) is 0 Å². The van der Waals surface area contributed by atoms with Gasteiger partial charge in [-0.2, -0.15) is 0 Å². The van der Waals surface area contributed by atoms with Gasteiger partial charge in [0.05, 0.1) is 0 Å². The summed E-state index contributed by atoms with van der Waals surface area (Å²) in [5, 5.41) is 0. The van der Waals surface area contributed by atoms with Gasteiger partial charge in [0.2, 0.25) is 0 Å². The van der Waals surface area contributed by atoms with Crippen LogP contribution in [0.2, 0.25) is 0 Å². The van der Waals surface area contributed by atoms with E-state index in [9.17, 15) is 0 Å². The predicted molar refractivity (Wildman–Crippen MR) is 20.1 cm³/mol. The van der Waals surface area contributed by atoms with Crippen LogP contribution in [0.4, 0.5) is 0 Å². The maximum atomic E-state index is 3.49. The number of hydrogen-bond donors (Lipinski definition) is 0. The van der Waals surface area contributed by atoms with Crippen LogP contribution in [0.5, 0.6) is 0 Å². The summed E-state index contributed by atoms with van der Waals surface area (Å²) in [5.41, 5.74) is 0. The van der Waals surface area contributed by atoms with Crippen molar-refractivity contribution in [3.05, 3.63) is 0 Å². The molecule has 0 rings (SSSR count). The molecule has 1 nitrogen and oxygen atoms in total. The van der Waals surface area contributed by atoms with Crippen LogP contribution in [0.15, 0.2) is 4.90 Å². The van der Waals surface area contributed by atoms with Crippen LogP contribution < -0.4 is 0 Å². The summed E-state index contributed by atoms with van der Waals surface area (Å²) in [6, 6.07) is 0. The van der Waals surface area contributed by atoms with Crippen LogP contribution in [-0.2, 0) is 0 Å². The zero-order valence-corrected chi connectivity index (χ0v) is 2.86. The first-order valence-electron chi connectivity index (χ1n) is 1.34. The fourth-order valence-electron chi connectivity index (χ4n) is 0. The Morgan fingerprint density at radius 3 is 2.25 bits per heavy atom. The van der Waals surface area contributed by atoms with Crippen molar-refractivity contribution in [2.45, 2.75) is 6.92 Å². The normalized spacial score (nSPS) is 6.00. The van der Waals surface area contributed by atoms with Gasteiger partial charge >= 0.3 is 26.0 Å². The van der Waals surface area contributed by atoms with E-state index in [0.717, 1.165) is 6.54 Å². The van der Waals surface area contributed by atoms with Gasteiger partial charge in [-0.1, -0.05) is 0 Å². The van der Waals surface area contributed by atoms with Crippen LogP contribution in [0, 0.1) is 0 Å². The Balaban J connectivity index is 2.30. The monoisotopic (exact) mass is 55.1 g/mol. The number of rotatable bonds is 1. The van der Waals surface area contributed by atoms with E-state index in [2.05, 4.69) is 12.5 Å². The fourth-order valence-corrected chi connectivity index (χ4v) is 0. The third kappa shape index (κ3) is 1.86. The average Bonchev–Trinajstić information content (AvgIpc) is 1.37. The quantitative estimate of drug-likeness (QED) is 0.377. The van der Waals surface area contributed by atoms with Crippen LogP contribution in [-0.4, -0.2) is 14.2 Å². The molecular formula is C2H6BN. The summed E-state index contributed by atoms with van der Waals surface area (Å²) in [6.45, 7) is 2.78. The predicted octanol–water partition coefficient (Wildman–Crippen LogP) is 0.0907. The molecule has 22 valence electrons. The van der Waals surface area contributed by atoms with E-state index in [1.54, 1.807) is 0 Å². The molecule has 0 fully saturated rings. The summed E-state index contributed by atoms with van der Waals surface area (Å²) < 4.78 is 0. The standard InChI is InChI=1S/C2H6BN/c1-2-4-3/h3H,2H2,1H3. The molecule has 0 saturated carbocycles.